The Hall–Kier alpha value is -1.77. The second-order valence-electron chi connectivity index (χ2n) is 5.92. The Morgan fingerprint density at radius 2 is 2.20 bits per heavy atom. The first-order chi connectivity index (χ1) is 11.9. The van der Waals surface area contributed by atoms with Gasteiger partial charge in [-0.2, -0.15) is 0 Å². The molecule has 2 heterocycles. The average Bonchev–Trinajstić information content (AvgIpc) is 3.01. The normalized spacial score (nSPS) is 17.6. The third kappa shape index (κ3) is 4.65. The number of benzene rings is 1. The van der Waals surface area contributed by atoms with Gasteiger partial charge in [0.15, 0.2) is 0 Å². The number of rotatable bonds is 6. The lowest BCUT2D eigenvalue weighted by molar-refractivity contribution is -0.116. The summed E-state index contributed by atoms with van der Waals surface area (Å²) in [6.45, 7) is 2.29. The largest absolute Gasteiger partial charge is 0.469 e. The van der Waals surface area contributed by atoms with E-state index < -0.39 is 10.0 Å². The quantitative estimate of drug-likeness (QED) is 0.752. The van der Waals surface area contributed by atoms with Crippen molar-refractivity contribution < 1.29 is 17.6 Å². The van der Waals surface area contributed by atoms with Crippen molar-refractivity contribution in [2.24, 2.45) is 0 Å². The smallest absolute Gasteiger partial charge is 0.240 e. The monoisotopic (exact) mass is 380 g/mol. The van der Waals surface area contributed by atoms with Gasteiger partial charge in [0.25, 0.3) is 0 Å². The highest BCUT2D eigenvalue weighted by atomic mass is 32.2. The zero-order chi connectivity index (χ0) is 17.9. The molecule has 1 atom stereocenters. The van der Waals surface area contributed by atoms with Crippen molar-refractivity contribution in [1.29, 1.82) is 0 Å². The fourth-order valence-electron chi connectivity index (χ4n) is 2.60. The number of thioether (sulfide) groups is 1. The topological polar surface area (TPSA) is 88.4 Å². The van der Waals surface area contributed by atoms with Crippen LogP contribution < -0.4 is 10.0 Å². The van der Waals surface area contributed by atoms with Crippen LogP contribution in [0.2, 0.25) is 0 Å². The van der Waals surface area contributed by atoms with E-state index in [0.29, 0.717) is 31.5 Å². The number of amides is 1. The summed E-state index contributed by atoms with van der Waals surface area (Å²) in [5.41, 5.74) is 0.554. The van der Waals surface area contributed by atoms with Crippen LogP contribution in [0.4, 0.5) is 5.69 Å². The summed E-state index contributed by atoms with van der Waals surface area (Å²) in [5.74, 6) is 0.734. The van der Waals surface area contributed by atoms with Crippen molar-refractivity contribution in [3.8, 4) is 0 Å². The zero-order valence-electron chi connectivity index (χ0n) is 13.8. The Labute approximate surface area is 151 Å². The van der Waals surface area contributed by atoms with Crippen LogP contribution in [-0.4, -0.2) is 26.1 Å². The van der Waals surface area contributed by atoms with E-state index >= 15 is 0 Å². The SMILES string of the molecule is C[C@@H]1CC(=O)Nc2cc(S(=O)(=O)NCCCc3ccco3)ccc2S1. The molecule has 0 saturated heterocycles. The van der Waals surface area contributed by atoms with Gasteiger partial charge in [-0.15, -0.1) is 11.8 Å². The number of furan rings is 1. The Kier molecular flexibility index (Phi) is 5.51. The van der Waals surface area contributed by atoms with E-state index in [9.17, 15) is 13.2 Å². The molecule has 1 aliphatic rings. The first-order valence-electron chi connectivity index (χ1n) is 8.06. The van der Waals surface area contributed by atoms with Crippen molar-refractivity contribution in [2.75, 3.05) is 11.9 Å². The van der Waals surface area contributed by atoms with Gasteiger partial charge < -0.3 is 9.73 Å². The van der Waals surface area contributed by atoms with E-state index in [4.69, 9.17) is 4.42 Å². The summed E-state index contributed by atoms with van der Waals surface area (Å²) in [6.07, 6.45) is 3.32. The highest BCUT2D eigenvalue weighted by Crippen LogP contribution is 2.36. The number of anilines is 1. The zero-order valence-corrected chi connectivity index (χ0v) is 15.5. The summed E-state index contributed by atoms with van der Waals surface area (Å²) >= 11 is 1.57. The molecule has 6 nitrogen and oxygen atoms in total. The van der Waals surface area contributed by atoms with E-state index in [0.717, 1.165) is 10.7 Å². The molecule has 0 radical (unpaired) electrons. The van der Waals surface area contributed by atoms with Crippen molar-refractivity contribution in [3.05, 3.63) is 42.4 Å². The summed E-state index contributed by atoms with van der Waals surface area (Å²) in [6, 6.07) is 8.52. The minimum Gasteiger partial charge on any atom is -0.469 e. The maximum absolute atomic E-state index is 12.5. The molecule has 2 N–H and O–H groups in total. The molecule has 0 saturated carbocycles. The number of hydrogen-bond donors (Lipinski definition) is 2. The van der Waals surface area contributed by atoms with Crippen LogP contribution in [0.25, 0.3) is 0 Å². The molecule has 25 heavy (non-hydrogen) atoms. The molecule has 1 aromatic heterocycles. The molecule has 0 aliphatic carbocycles. The van der Waals surface area contributed by atoms with Crippen molar-refractivity contribution in [1.82, 2.24) is 4.72 Å². The third-order valence-corrected chi connectivity index (χ3v) is 6.45. The molecule has 2 aromatic rings. The van der Waals surface area contributed by atoms with Gasteiger partial charge in [-0.3, -0.25) is 4.79 Å². The van der Waals surface area contributed by atoms with Crippen molar-refractivity contribution in [2.45, 2.75) is 41.2 Å². The van der Waals surface area contributed by atoms with Gasteiger partial charge in [0, 0.05) is 29.5 Å². The number of sulfonamides is 1. The van der Waals surface area contributed by atoms with Crippen molar-refractivity contribution >= 4 is 33.4 Å². The lowest BCUT2D eigenvalue weighted by atomic mass is 10.2. The summed E-state index contributed by atoms with van der Waals surface area (Å²) in [7, 11) is -3.62. The van der Waals surface area contributed by atoms with Crippen molar-refractivity contribution in [3.63, 3.8) is 0 Å². The van der Waals surface area contributed by atoms with E-state index in [2.05, 4.69) is 10.0 Å². The lowest BCUT2D eigenvalue weighted by Gasteiger charge is -2.11. The van der Waals surface area contributed by atoms with Gasteiger partial charge in [0.05, 0.1) is 16.8 Å². The van der Waals surface area contributed by atoms with Gasteiger partial charge in [0.1, 0.15) is 5.76 Å². The van der Waals surface area contributed by atoms with Gasteiger partial charge in [0.2, 0.25) is 15.9 Å². The second-order valence-corrected chi connectivity index (χ2v) is 9.17. The first kappa shape index (κ1) is 18.0. The predicted octanol–water partition coefficient (Wildman–Crippen LogP) is 3.01. The number of carbonyl (C=O) groups is 1. The molecule has 1 aromatic carbocycles. The second kappa shape index (κ2) is 7.63. The molecular weight excluding hydrogens is 360 g/mol. The molecule has 1 aliphatic heterocycles. The number of nitrogens with one attached hydrogen (secondary N) is 2. The maximum atomic E-state index is 12.5. The van der Waals surface area contributed by atoms with Crippen LogP contribution >= 0.6 is 11.8 Å². The van der Waals surface area contributed by atoms with Crippen LogP contribution in [0.15, 0.2) is 50.8 Å². The highest BCUT2D eigenvalue weighted by Gasteiger charge is 2.22. The van der Waals surface area contributed by atoms with Crippen LogP contribution in [0.3, 0.4) is 0 Å². The van der Waals surface area contributed by atoms with E-state index in [-0.39, 0.29) is 16.1 Å². The minimum atomic E-state index is -3.62. The van der Waals surface area contributed by atoms with Crippen LogP contribution in [0, 0.1) is 0 Å². The third-order valence-electron chi connectivity index (χ3n) is 3.81. The molecule has 0 spiro atoms. The molecule has 8 heteroatoms. The highest BCUT2D eigenvalue weighted by molar-refractivity contribution is 8.00. The minimum absolute atomic E-state index is 0.0975. The van der Waals surface area contributed by atoms with Crippen LogP contribution in [0.5, 0.6) is 0 Å². The molecule has 3 rings (SSSR count). The molecule has 0 unspecified atom stereocenters. The Morgan fingerprint density at radius 1 is 1.36 bits per heavy atom. The van der Waals surface area contributed by atoms with Gasteiger partial charge in [-0.1, -0.05) is 6.92 Å². The lowest BCUT2D eigenvalue weighted by Crippen LogP contribution is -2.25. The molecule has 0 fully saturated rings. The summed E-state index contributed by atoms with van der Waals surface area (Å²) in [4.78, 5) is 12.9. The van der Waals surface area contributed by atoms with Crippen LogP contribution in [0.1, 0.15) is 25.5 Å². The average molecular weight is 380 g/mol. The predicted molar refractivity (Wildman–Crippen MR) is 97.2 cm³/mol. The fraction of sp³-hybridized carbons (Fsp3) is 0.353. The fourth-order valence-corrected chi connectivity index (χ4v) is 4.76. The molecular formula is C17H20N2O4S2. The van der Waals surface area contributed by atoms with Gasteiger partial charge in [-0.25, -0.2) is 13.1 Å². The van der Waals surface area contributed by atoms with E-state index in [1.165, 1.54) is 6.07 Å². The molecule has 1 amide bonds. The van der Waals surface area contributed by atoms with Crippen LogP contribution in [-0.2, 0) is 21.2 Å². The number of aryl methyl sites for hydroxylation is 1. The summed E-state index contributed by atoms with van der Waals surface area (Å²) < 4.78 is 32.7. The van der Waals surface area contributed by atoms with E-state index in [1.54, 1.807) is 30.2 Å². The number of carbonyl (C=O) groups excluding carboxylic acids is 1. The maximum Gasteiger partial charge on any atom is 0.240 e. The standard InChI is InChI=1S/C17H20N2O4S2/c1-12-10-17(20)19-15-11-14(6-7-16(15)24-12)25(21,22)18-8-2-4-13-5-3-9-23-13/h3,5-7,9,11-12,18H,2,4,8,10H2,1H3,(H,19,20)/t12-/m1/s1. The summed E-state index contributed by atoms with van der Waals surface area (Å²) in [5, 5.41) is 2.94. The molecule has 134 valence electrons. The Morgan fingerprint density at radius 3 is 2.96 bits per heavy atom. The molecule has 0 bridgehead atoms. The number of fused-ring (bicyclic) bond motifs is 1. The first-order valence-corrected chi connectivity index (χ1v) is 10.4. The number of hydrogen-bond acceptors (Lipinski definition) is 5. The Balaban J connectivity index is 1.66. The van der Waals surface area contributed by atoms with E-state index in [1.807, 2.05) is 19.1 Å². The Bertz CT molecular complexity index is 848. The van der Waals surface area contributed by atoms with Gasteiger partial charge in [-0.05, 0) is 36.8 Å². The van der Waals surface area contributed by atoms with Gasteiger partial charge >= 0.3 is 0 Å².